The zero-order valence-corrected chi connectivity index (χ0v) is 11.6. The molecule has 0 aliphatic rings. The summed E-state index contributed by atoms with van der Waals surface area (Å²) in [6, 6.07) is 5.19. The molecule has 1 N–H and O–H groups in total. The number of rotatable bonds is 6. The average Bonchev–Trinajstić information content (AvgIpc) is 2.26. The number of nitro groups is 1. The van der Waals surface area contributed by atoms with Gasteiger partial charge in [-0.05, 0) is 32.6 Å². The van der Waals surface area contributed by atoms with Crippen LogP contribution in [0.25, 0.3) is 0 Å². The van der Waals surface area contributed by atoms with Gasteiger partial charge in [0.25, 0.3) is 5.69 Å². The van der Waals surface area contributed by atoms with E-state index in [2.05, 4.69) is 17.1 Å². The molecular formula is C12H18ClN3O2. The topological polar surface area (TPSA) is 58.4 Å². The van der Waals surface area contributed by atoms with Crippen molar-refractivity contribution in [3.05, 3.63) is 38.9 Å². The highest BCUT2D eigenvalue weighted by molar-refractivity contribution is 6.32. The summed E-state index contributed by atoms with van der Waals surface area (Å²) in [5.41, 5.74) is 0.813. The first kappa shape index (κ1) is 14.9. The number of hydrogen-bond acceptors (Lipinski definition) is 4. The Hall–Kier alpha value is -1.17. The number of hydrogen-bond donors (Lipinski definition) is 1. The molecule has 0 aliphatic heterocycles. The molecule has 1 unspecified atom stereocenters. The number of benzene rings is 1. The molecule has 6 heteroatoms. The predicted molar refractivity (Wildman–Crippen MR) is 73.0 cm³/mol. The molecule has 0 saturated carbocycles. The van der Waals surface area contributed by atoms with E-state index in [1.165, 1.54) is 6.07 Å². The van der Waals surface area contributed by atoms with Crippen molar-refractivity contribution < 1.29 is 4.92 Å². The maximum atomic E-state index is 10.8. The van der Waals surface area contributed by atoms with Crippen LogP contribution in [0, 0.1) is 10.1 Å². The smallest absolute Gasteiger partial charge is 0.288 e. The number of likely N-dealkylation sites (N-methyl/N-ethyl adjacent to an activating group) is 1. The fourth-order valence-corrected chi connectivity index (χ4v) is 1.90. The standard InChI is InChI=1S/C12H18ClN3O2/c1-9(8-15(2)3)14-7-10-4-5-11(13)12(6-10)16(17)18/h4-6,9,14H,7-8H2,1-3H3. The third kappa shape index (κ3) is 4.60. The summed E-state index contributed by atoms with van der Waals surface area (Å²) in [6.45, 7) is 3.58. The van der Waals surface area contributed by atoms with Crippen LogP contribution in [0.5, 0.6) is 0 Å². The van der Waals surface area contributed by atoms with Crippen LogP contribution in [0.2, 0.25) is 5.02 Å². The average molecular weight is 272 g/mol. The second-order valence-electron chi connectivity index (χ2n) is 4.59. The molecule has 1 aromatic carbocycles. The molecule has 0 fully saturated rings. The van der Waals surface area contributed by atoms with E-state index in [4.69, 9.17) is 11.6 Å². The molecular weight excluding hydrogens is 254 g/mol. The van der Waals surface area contributed by atoms with Crippen LogP contribution >= 0.6 is 11.6 Å². The molecule has 0 spiro atoms. The van der Waals surface area contributed by atoms with Gasteiger partial charge in [0.05, 0.1) is 4.92 Å². The Bertz CT molecular complexity index is 424. The number of nitrogens with one attached hydrogen (secondary N) is 1. The minimum atomic E-state index is -0.463. The summed E-state index contributed by atoms with van der Waals surface area (Å²) in [4.78, 5) is 12.4. The highest BCUT2D eigenvalue weighted by Gasteiger charge is 2.13. The van der Waals surface area contributed by atoms with Gasteiger partial charge in [0, 0.05) is 25.2 Å². The van der Waals surface area contributed by atoms with Gasteiger partial charge in [-0.25, -0.2) is 0 Å². The van der Waals surface area contributed by atoms with Crippen molar-refractivity contribution in [2.24, 2.45) is 0 Å². The first-order valence-corrected chi connectivity index (χ1v) is 6.09. The zero-order chi connectivity index (χ0) is 13.7. The second-order valence-corrected chi connectivity index (χ2v) is 4.99. The Morgan fingerprint density at radius 1 is 1.50 bits per heavy atom. The Kier molecular flexibility index (Phi) is 5.53. The minimum Gasteiger partial charge on any atom is -0.309 e. The minimum absolute atomic E-state index is 0.0452. The van der Waals surface area contributed by atoms with Gasteiger partial charge >= 0.3 is 0 Å². The highest BCUT2D eigenvalue weighted by Crippen LogP contribution is 2.24. The zero-order valence-electron chi connectivity index (χ0n) is 10.8. The van der Waals surface area contributed by atoms with Gasteiger partial charge in [-0.3, -0.25) is 10.1 Å². The third-order valence-corrected chi connectivity index (χ3v) is 2.82. The Morgan fingerprint density at radius 2 is 2.17 bits per heavy atom. The monoisotopic (exact) mass is 271 g/mol. The normalized spacial score (nSPS) is 12.7. The van der Waals surface area contributed by atoms with Crippen molar-refractivity contribution in [2.75, 3.05) is 20.6 Å². The Labute approximate surface area is 112 Å². The van der Waals surface area contributed by atoms with E-state index < -0.39 is 4.92 Å². The van der Waals surface area contributed by atoms with Gasteiger partial charge in [0.1, 0.15) is 5.02 Å². The molecule has 100 valence electrons. The summed E-state index contributed by atoms with van der Waals surface area (Å²) in [5, 5.41) is 14.2. The number of nitrogens with zero attached hydrogens (tertiary/aromatic N) is 2. The van der Waals surface area contributed by atoms with Crippen LogP contribution in [0.1, 0.15) is 12.5 Å². The lowest BCUT2D eigenvalue weighted by atomic mass is 10.2. The van der Waals surface area contributed by atoms with Crippen molar-refractivity contribution in [2.45, 2.75) is 19.5 Å². The molecule has 5 nitrogen and oxygen atoms in total. The van der Waals surface area contributed by atoms with Gasteiger partial charge in [-0.15, -0.1) is 0 Å². The summed E-state index contributed by atoms with van der Waals surface area (Å²) in [5.74, 6) is 0. The summed E-state index contributed by atoms with van der Waals surface area (Å²) >= 11 is 5.75. The van der Waals surface area contributed by atoms with Crippen LogP contribution in [-0.4, -0.2) is 36.5 Å². The highest BCUT2D eigenvalue weighted by atomic mass is 35.5. The SMILES string of the molecule is CC(CN(C)C)NCc1ccc(Cl)c([N+](=O)[O-])c1. The quantitative estimate of drug-likeness (QED) is 0.637. The maximum absolute atomic E-state index is 10.8. The third-order valence-electron chi connectivity index (χ3n) is 2.50. The molecule has 0 bridgehead atoms. The van der Waals surface area contributed by atoms with E-state index in [9.17, 15) is 10.1 Å². The molecule has 1 atom stereocenters. The predicted octanol–water partition coefficient (Wildman–Crippen LogP) is 2.29. The van der Waals surface area contributed by atoms with Gasteiger partial charge in [-0.1, -0.05) is 17.7 Å². The van der Waals surface area contributed by atoms with E-state index in [0.717, 1.165) is 12.1 Å². The molecule has 0 radical (unpaired) electrons. The lowest BCUT2D eigenvalue weighted by molar-refractivity contribution is -0.384. The van der Waals surface area contributed by atoms with E-state index in [1.54, 1.807) is 12.1 Å². The summed E-state index contributed by atoms with van der Waals surface area (Å²) in [7, 11) is 4.01. The Balaban J connectivity index is 2.63. The van der Waals surface area contributed by atoms with Crippen LogP contribution in [0.4, 0.5) is 5.69 Å². The second kappa shape index (κ2) is 6.68. The van der Waals surface area contributed by atoms with Crippen molar-refractivity contribution in [3.8, 4) is 0 Å². The fourth-order valence-electron chi connectivity index (χ4n) is 1.71. The van der Waals surface area contributed by atoms with E-state index in [0.29, 0.717) is 12.6 Å². The van der Waals surface area contributed by atoms with Crippen LogP contribution < -0.4 is 5.32 Å². The Morgan fingerprint density at radius 3 is 2.72 bits per heavy atom. The fraction of sp³-hybridized carbons (Fsp3) is 0.500. The summed E-state index contributed by atoms with van der Waals surface area (Å²) < 4.78 is 0. The number of halogens is 1. The molecule has 1 aromatic rings. The van der Waals surface area contributed by atoms with Gasteiger partial charge in [0.2, 0.25) is 0 Å². The number of nitro benzene ring substituents is 1. The van der Waals surface area contributed by atoms with Crippen molar-refractivity contribution in [1.82, 2.24) is 10.2 Å². The van der Waals surface area contributed by atoms with E-state index in [-0.39, 0.29) is 10.7 Å². The van der Waals surface area contributed by atoms with Crippen molar-refractivity contribution >= 4 is 17.3 Å². The molecule has 0 heterocycles. The van der Waals surface area contributed by atoms with Gasteiger partial charge < -0.3 is 10.2 Å². The van der Waals surface area contributed by atoms with E-state index >= 15 is 0 Å². The van der Waals surface area contributed by atoms with Gasteiger partial charge in [0.15, 0.2) is 0 Å². The van der Waals surface area contributed by atoms with Crippen LogP contribution in [0.3, 0.4) is 0 Å². The van der Waals surface area contributed by atoms with Crippen LogP contribution in [-0.2, 0) is 6.54 Å². The van der Waals surface area contributed by atoms with Crippen molar-refractivity contribution in [1.29, 1.82) is 0 Å². The molecule has 18 heavy (non-hydrogen) atoms. The van der Waals surface area contributed by atoms with Gasteiger partial charge in [-0.2, -0.15) is 0 Å². The first-order chi connectivity index (χ1) is 8.40. The molecule has 1 rings (SSSR count). The van der Waals surface area contributed by atoms with E-state index in [1.807, 2.05) is 14.1 Å². The molecule has 0 saturated heterocycles. The largest absolute Gasteiger partial charge is 0.309 e. The maximum Gasteiger partial charge on any atom is 0.288 e. The molecule has 0 amide bonds. The van der Waals surface area contributed by atoms with Crippen molar-refractivity contribution in [3.63, 3.8) is 0 Å². The lowest BCUT2D eigenvalue weighted by Gasteiger charge is -2.18. The van der Waals surface area contributed by atoms with Crippen LogP contribution in [0.15, 0.2) is 18.2 Å². The molecule has 0 aromatic heterocycles. The lowest BCUT2D eigenvalue weighted by Crippen LogP contribution is -2.35. The summed E-state index contributed by atoms with van der Waals surface area (Å²) in [6.07, 6.45) is 0. The molecule has 0 aliphatic carbocycles. The first-order valence-electron chi connectivity index (χ1n) is 5.71.